The Kier molecular flexibility index (Phi) is 3.54. The van der Waals surface area contributed by atoms with Crippen molar-refractivity contribution in [1.82, 2.24) is 0 Å². The molecule has 0 aliphatic rings. The van der Waals surface area contributed by atoms with Gasteiger partial charge in [-0.05, 0) is 46.6 Å². The summed E-state index contributed by atoms with van der Waals surface area (Å²) in [5, 5.41) is 10.2. The molecule has 3 nitrogen and oxygen atoms in total. The van der Waals surface area contributed by atoms with Crippen molar-refractivity contribution in [1.29, 1.82) is 0 Å². The molecule has 1 atom stereocenters. The van der Waals surface area contributed by atoms with Crippen LogP contribution in [0.2, 0.25) is 0 Å². The second-order valence-corrected chi connectivity index (χ2v) is 4.64. The van der Waals surface area contributed by atoms with Gasteiger partial charge in [-0.25, -0.2) is 0 Å². The number of hydrogen-bond donors (Lipinski definition) is 1. The van der Waals surface area contributed by atoms with Gasteiger partial charge in [-0.2, -0.15) is 0 Å². The highest BCUT2D eigenvalue weighted by Crippen LogP contribution is 2.31. The molecule has 1 unspecified atom stereocenters. The highest BCUT2D eigenvalue weighted by molar-refractivity contribution is 9.10. The minimum atomic E-state index is -0.686. The van der Waals surface area contributed by atoms with Gasteiger partial charge >= 0.3 is 0 Å². The highest BCUT2D eigenvalue weighted by Gasteiger charge is 2.14. The zero-order valence-electron chi connectivity index (χ0n) is 9.61. The monoisotopic (exact) mass is 296 g/mol. The summed E-state index contributed by atoms with van der Waals surface area (Å²) >= 11 is 3.39. The molecule has 4 heteroatoms. The van der Waals surface area contributed by atoms with Gasteiger partial charge in [0.2, 0.25) is 0 Å². The number of ether oxygens (including phenoxy) is 1. The van der Waals surface area contributed by atoms with Gasteiger partial charge in [0.05, 0.1) is 17.8 Å². The van der Waals surface area contributed by atoms with Gasteiger partial charge in [0.15, 0.2) is 0 Å². The molecule has 0 aliphatic carbocycles. The molecule has 0 radical (unpaired) electrons. The van der Waals surface area contributed by atoms with Crippen LogP contribution < -0.4 is 4.74 Å². The Hall–Kier alpha value is -1.26. The minimum absolute atomic E-state index is 0.686. The molecule has 0 saturated heterocycles. The lowest BCUT2D eigenvalue weighted by molar-refractivity contribution is 0.219. The molecule has 0 fully saturated rings. The van der Waals surface area contributed by atoms with E-state index < -0.39 is 6.10 Å². The van der Waals surface area contributed by atoms with E-state index in [1.165, 1.54) is 0 Å². The Bertz CT molecular complexity index is 519. The Labute approximate surface area is 108 Å². The largest absolute Gasteiger partial charge is 0.496 e. The van der Waals surface area contributed by atoms with Crippen LogP contribution in [0, 0.1) is 6.92 Å². The quantitative estimate of drug-likeness (QED) is 0.943. The summed E-state index contributed by atoms with van der Waals surface area (Å²) in [6, 6.07) is 7.31. The van der Waals surface area contributed by atoms with Crippen LogP contribution in [0.4, 0.5) is 0 Å². The van der Waals surface area contributed by atoms with Crippen molar-refractivity contribution >= 4 is 15.9 Å². The third-order valence-electron chi connectivity index (χ3n) is 2.56. The van der Waals surface area contributed by atoms with E-state index in [2.05, 4.69) is 15.9 Å². The number of aryl methyl sites for hydroxylation is 1. The van der Waals surface area contributed by atoms with Crippen LogP contribution in [0.25, 0.3) is 0 Å². The normalized spacial score (nSPS) is 12.5. The van der Waals surface area contributed by atoms with Crippen molar-refractivity contribution < 1.29 is 14.3 Å². The first kappa shape index (κ1) is 12.2. The Morgan fingerprint density at radius 2 is 2.06 bits per heavy atom. The number of furan rings is 1. The van der Waals surface area contributed by atoms with Crippen molar-refractivity contribution in [2.24, 2.45) is 0 Å². The van der Waals surface area contributed by atoms with Crippen LogP contribution in [0.15, 0.2) is 39.4 Å². The maximum atomic E-state index is 10.2. The summed E-state index contributed by atoms with van der Waals surface area (Å²) in [5.41, 5.74) is 1.54. The molecule has 90 valence electrons. The molecule has 2 rings (SSSR count). The summed E-state index contributed by atoms with van der Waals surface area (Å²) in [5.74, 6) is 1.52. The molecule has 2 aromatic rings. The number of aliphatic hydroxyl groups is 1. The van der Waals surface area contributed by atoms with Crippen molar-refractivity contribution in [3.8, 4) is 5.75 Å². The van der Waals surface area contributed by atoms with Gasteiger partial charge < -0.3 is 14.3 Å². The number of methoxy groups -OCH3 is 1. The van der Waals surface area contributed by atoms with Gasteiger partial charge in [0.1, 0.15) is 17.6 Å². The molecule has 0 spiro atoms. The second kappa shape index (κ2) is 4.94. The number of hydrogen-bond acceptors (Lipinski definition) is 3. The van der Waals surface area contributed by atoms with E-state index in [1.807, 2.05) is 31.2 Å². The Balaban J connectivity index is 2.31. The van der Waals surface area contributed by atoms with E-state index in [9.17, 15) is 5.11 Å². The standard InChI is InChI=1S/C13H13BrO3/c1-8-5-10(7-17-8)13(15)9-3-4-12(16-2)11(14)6-9/h3-7,13,15H,1-2H3. The summed E-state index contributed by atoms with van der Waals surface area (Å²) in [7, 11) is 1.61. The molecular formula is C13H13BrO3. The predicted octanol–water partition coefficient (Wildman–Crippen LogP) is 3.44. The molecule has 1 aromatic heterocycles. The minimum Gasteiger partial charge on any atom is -0.496 e. The molecule has 0 aliphatic heterocycles. The lowest BCUT2D eigenvalue weighted by Gasteiger charge is -2.11. The molecular weight excluding hydrogens is 284 g/mol. The predicted molar refractivity (Wildman–Crippen MR) is 68.2 cm³/mol. The first-order valence-corrected chi connectivity index (χ1v) is 5.97. The van der Waals surface area contributed by atoms with Crippen molar-refractivity contribution in [3.05, 3.63) is 51.9 Å². The van der Waals surface area contributed by atoms with Crippen molar-refractivity contribution in [2.75, 3.05) is 7.11 Å². The van der Waals surface area contributed by atoms with Crippen LogP contribution in [0.5, 0.6) is 5.75 Å². The zero-order chi connectivity index (χ0) is 12.4. The SMILES string of the molecule is COc1ccc(C(O)c2coc(C)c2)cc1Br. The second-order valence-electron chi connectivity index (χ2n) is 3.79. The topological polar surface area (TPSA) is 42.6 Å². The summed E-state index contributed by atoms with van der Waals surface area (Å²) < 4.78 is 11.1. The fourth-order valence-electron chi connectivity index (χ4n) is 1.65. The Morgan fingerprint density at radius 1 is 1.29 bits per heavy atom. The van der Waals surface area contributed by atoms with Gasteiger partial charge in [0, 0.05) is 5.56 Å². The van der Waals surface area contributed by atoms with Crippen LogP contribution in [-0.4, -0.2) is 12.2 Å². The molecule has 0 saturated carbocycles. The molecule has 1 heterocycles. The number of halogens is 1. The van der Waals surface area contributed by atoms with Gasteiger partial charge in [-0.3, -0.25) is 0 Å². The van der Waals surface area contributed by atoms with Crippen LogP contribution in [0.3, 0.4) is 0 Å². The zero-order valence-corrected chi connectivity index (χ0v) is 11.2. The van der Waals surface area contributed by atoms with E-state index in [0.29, 0.717) is 0 Å². The first-order chi connectivity index (χ1) is 8.11. The van der Waals surface area contributed by atoms with Crippen LogP contribution in [-0.2, 0) is 0 Å². The lowest BCUT2D eigenvalue weighted by atomic mass is 10.0. The number of rotatable bonds is 3. The van der Waals surface area contributed by atoms with E-state index in [4.69, 9.17) is 9.15 Å². The summed E-state index contributed by atoms with van der Waals surface area (Å²) in [6.45, 7) is 1.85. The third kappa shape index (κ3) is 2.53. The molecule has 0 bridgehead atoms. The number of benzene rings is 1. The molecule has 1 aromatic carbocycles. The summed E-state index contributed by atoms with van der Waals surface area (Å²) in [4.78, 5) is 0. The molecule has 1 N–H and O–H groups in total. The van der Waals surface area contributed by atoms with Gasteiger partial charge in [0.25, 0.3) is 0 Å². The van der Waals surface area contributed by atoms with Gasteiger partial charge in [-0.1, -0.05) is 6.07 Å². The third-order valence-corrected chi connectivity index (χ3v) is 3.18. The highest BCUT2D eigenvalue weighted by atomic mass is 79.9. The van der Waals surface area contributed by atoms with Crippen molar-refractivity contribution in [3.63, 3.8) is 0 Å². The number of aliphatic hydroxyl groups excluding tert-OH is 1. The fraction of sp³-hybridized carbons (Fsp3) is 0.231. The molecule has 0 amide bonds. The van der Waals surface area contributed by atoms with E-state index in [0.717, 1.165) is 27.1 Å². The van der Waals surface area contributed by atoms with E-state index in [1.54, 1.807) is 13.4 Å². The average molecular weight is 297 g/mol. The van der Waals surface area contributed by atoms with Gasteiger partial charge in [-0.15, -0.1) is 0 Å². The average Bonchev–Trinajstić information content (AvgIpc) is 2.75. The van der Waals surface area contributed by atoms with E-state index in [-0.39, 0.29) is 0 Å². The first-order valence-electron chi connectivity index (χ1n) is 5.18. The fourth-order valence-corrected chi connectivity index (χ4v) is 2.21. The van der Waals surface area contributed by atoms with Crippen LogP contribution >= 0.6 is 15.9 Å². The smallest absolute Gasteiger partial charge is 0.133 e. The maximum Gasteiger partial charge on any atom is 0.133 e. The maximum absolute atomic E-state index is 10.2. The molecule has 17 heavy (non-hydrogen) atoms. The van der Waals surface area contributed by atoms with E-state index >= 15 is 0 Å². The van der Waals surface area contributed by atoms with Crippen LogP contribution in [0.1, 0.15) is 23.0 Å². The summed E-state index contributed by atoms with van der Waals surface area (Å²) in [6.07, 6.45) is 0.882. The van der Waals surface area contributed by atoms with Crippen molar-refractivity contribution in [2.45, 2.75) is 13.0 Å². The lowest BCUT2D eigenvalue weighted by Crippen LogP contribution is -1.98. The Morgan fingerprint density at radius 3 is 2.59 bits per heavy atom.